The summed E-state index contributed by atoms with van der Waals surface area (Å²) in [4.78, 5) is 0.115. The monoisotopic (exact) mass is 303 g/mol. The minimum Gasteiger partial charge on any atom is -0.395 e. The van der Waals surface area contributed by atoms with Gasteiger partial charge in [0.1, 0.15) is 10.6 Å². The van der Waals surface area contributed by atoms with Crippen LogP contribution in [-0.4, -0.2) is 55.3 Å². The van der Waals surface area contributed by atoms with Crippen LogP contribution in [0.5, 0.6) is 0 Å². The predicted octanol–water partition coefficient (Wildman–Crippen LogP) is 0.0264. The van der Waals surface area contributed by atoms with Gasteiger partial charge in [0.25, 0.3) is 0 Å². The van der Waals surface area contributed by atoms with Gasteiger partial charge < -0.3 is 14.9 Å². The van der Waals surface area contributed by atoms with E-state index in [1.807, 2.05) is 0 Å². The van der Waals surface area contributed by atoms with Crippen LogP contribution in [0.1, 0.15) is 24.3 Å². The Balaban J connectivity index is 2.27. The van der Waals surface area contributed by atoms with Gasteiger partial charge in [0.2, 0.25) is 10.0 Å². The zero-order valence-corrected chi connectivity index (χ0v) is 12.6. The van der Waals surface area contributed by atoms with Crippen molar-refractivity contribution >= 4 is 10.0 Å². The molecule has 1 unspecified atom stereocenters. The highest BCUT2D eigenvalue weighted by Gasteiger charge is 2.32. The quantitative estimate of drug-likeness (QED) is 0.769. The lowest BCUT2D eigenvalue weighted by Gasteiger charge is -2.24. The molecule has 0 radical (unpaired) electrons. The zero-order valence-electron chi connectivity index (χ0n) is 11.8. The van der Waals surface area contributed by atoms with Gasteiger partial charge in [-0.25, -0.2) is 8.42 Å². The van der Waals surface area contributed by atoms with E-state index in [1.165, 1.54) is 4.31 Å². The molecule has 2 rings (SSSR count). The van der Waals surface area contributed by atoms with E-state index in [0.717, 1.165) is 19.4 Å². The van der Waals surface area contributed by atoms with Crippen LogP contribution in [0.4, 0.5) is 0 Å². The van der Waals surface area contributed by atoms with Gasteiger partial charge in [0.05, 0.1) is 6.61 Å². The van der Waals surface area contributed by atoms with Crippen LogP contribution in [0.15, 0.2) is 9.42 Å². The third-order valence-electron chi connectivity index (χ3n) is 3.50. The molecule has 7 nitrogen and oxygen atoms in total. The summed E-state index contributed by atoms with van der Waals surface area (Å²) in [5, 5.41) is 16.1. The first-order valence-electron chi connectivity index (χ1n) is 6.74. The van der Waals surface area contributed by atoms with Crippen molar-refractivity contribution in [1.29, 1.82) is 0 Å². The Kier molecular flexibility index (Phi) is 4.79. The van der Waals surface area contributed by atoms with Gasteiger partial charge in [-0.2, -0.15) is 4.31 Å². The number of hydrogen-bond donors (Lipinski definition) is 2. The molecule has 8 heteroatoms. The summed E-state index contributed by atoms with van der Waals surface area (Å²) in [7, 11) is -3.69. The highest BCUT2D eigenvalue weighted by molar-refractivity contribution is 7.89. The molecule has 1 atom stereocenters. The average molecular weight is 303 g/mol. The van der Waals surface area contributed by atoms with Crippen LogP contribution < -0.4 is 5.32 Å². The number of nitrogens with one attached hydrogen (secondary N) is 1. The van der Waals surface area contributed by atoms with E-state index in [1.54, 1.807) is 13.8 Å². The summed E-state index contributed by atoms with van der Waals surface area (Å²) in [6.07, 6.45) is 1.99. The molecule has 20 heavy (non-hydrogen) atoms. The first kappa shape index (κ1) is 15.4. The topological polar surface area (TPSA) is 95.7 Å². The van der Waals surface area contributed by atoms with Crippen molar-refractivity contribution in [2.75, 3.05) is 26.2 Å². The summed E-state index contributed by atoms with van der Waals surface area (Å²) in [6.45, 7) is 4.31. The minimum absolute atomic E-state index is 0.0740. The molecule has 1 aromatic rings. The zero-order chi connectivity index (χ0) is 14.8. The molecule has 0 aliphatic carbocycles. The Bertz CT molecular complexity index is 530. The van der Waals surface area contributed by atoms with E-state index in [-0.39, 0.29) is 29.8 Å². The molecule has 1 aliphatic rings. The second-order valence-corrected chi connectivity index (χ2v) is 6.91. The fraction of sp³-hybridized carbons (Fsp3) is 0.750. The first-order valence-corrected chi connectivity index (χ1v) is 8.18. The smallest absolute Gasteiger partial charge is 0.248 e. The van der Waals surface area contributed by atoms with Crippen molar-refractivity contribution in [3.8, 4) is 0 Å². The van der Waals surface area contributed by atoms with Gasteiger partial charge in [0, 0.05) is 19.1 Å². The molecule has 0 saturated carbocycles. The molecule has 1 aromatic heterocycles. The maximum atomic E-state index is 12.7. The molecule has 2 N–H and O–H groups in total. The van der Waals surface area contributed by atoms with E-state index in [2.05, 4.69) is 10.5 Å². The maximum absolute atomic E-state index is 12.7. The summed E-state index contributed by atoms with van der Waals surface area (Å²) >= 11 is 0. The van der Waals surface area contributed by atoms with Gasteiger partial charge in [-0.05, 0) is 33.2 Å². The second kappa shape index (κ2) is 6.21. The van der Waals surface area contributed by atoms with Crippen molar-refractivity contribution in [3.63, 3.8) is 0 Å². The second-order valence-electron chi connectivity index (χ2n) is 5.03. The van der Waals surface area contributed by atoms with Crippen LogP contribution in [0.2, 0.25) is 0 Å². The number of nitrogens with zero attached hydrogens (tertiary/aromatic N) is 2. The highest BCUT2D eigenvalue weighted by atomic mass is 32.2. The Hall–Kier alpha value is -0.960. The van der Waals surface area contributed by atoms with Gasteiger partial charge in [-0.15, -0.1) is 0 Å². The predicted molar refractivity (Wildman–Crippen MR) is 72.8 cm³/mol. The van der Waals surface area contributed by atoms with E-state index in [9.17, 15) is 8.42 Å². The van der Waals surface area contributed by atoms with Crippen LogP contribution in [0.25, 0.3) is 0 Å². The summed E-state index contributed by atoms with van der Waals surface area (Å²) in [6, 6.07) is 0.136. The number of hydrogen-bond acceptors (Lipinski definition) is 6. The summed E-state index contributed by atoms with van der Waals surface area (Å²) < 4.78 is 31.7. The third-order valence-corrected chi connectivity index (χ3v) is 5.61. The minimum atomic E-state index is -3.69. The van der Waals surface area contributed by atoms with E-state index >= 15 is 0 Å². The number of sulfonamides is 1. The Morgan fingerprint density at radius 2 is 2.25 bits per heavy atom. The Labute approximate surface area is 119 Å². The fourth-order valence-electron chi connectivity index (χ4n) is 2.55. The molecular weight excluding hydrogens is 282 g/mol. The van der Waals surface area contributed by atoms with Gasteiger partial charge in [0.15, 0.2) is 5.76 Å². The maximum Gasteiger partial charge on any atom is 0.248 e. The number of aliphatic hydroxyl groups excluding tert-OH is 1. The van der Waals surface area contributed by atoms with Gasteiger partial charge in [-0.3, -0.25) is 0 Å². The Morgan fingerprint density at radius 3 is 2.75 bits per heavy atom. The normalized spacial score (nSPS) is 19.9. The van der Waals surface area contributed by atoms with Crippen molar-refractivity contribution in [3.05, 3.63) is 11.5 Å². The lowest BCUT2D eigenvalue weighted by Crippen LogP contribution is -2.42. The standard InChI is InChI=1S/C12H21N3O4S/c1-9-12(10(2)19-14-9)20(17,18)15(6-7-16)8-11-4-3-5-13-11/h11,13,16H,3-8H2,1-2H3. The van der Waals surface area contributed by atoms with Crippen molar-refractivity contribution in [2.45, 2.75) is 37.6 Å². The van der Waals surface area contributed by atoms with Gasteiger partial charge >= 0.3 is 0 Å². The fourth-order valence-corrected chi connectivity index (χ4v) is 4.32. The molecule has 0 spiro atoms. The Morgan fingerprint density at radius 1 is 1.50 bits per heavy atom. The van der Waals surface area contributed by atoms with Gasteiger partial charge in [-0.1, -0.05) is 5.16 Å². The molecule has 2 heterocycles. The largest absolute Gasteiger partial charge is 0.395 e. The molecule has 1 aliphatic heterocycles. The van der Waals surface area contributed by atoms with E-state index in [4.69, 9.17) is 9.63 Å². The SMILES string of the molecule is Cc1noc(C)c1S(=O)(=O)N(CCO)CC1CCCN1. The molecule has 0 amide bonds. The average Bonchev–Trinajstić information content (AvgIpc) is 2.99. The molecule has 1 saturated heterocycles. The molecular formula is C12H21N3O4S. The number of rotatable bonds is 6. The van der Waals surface area contributed by atoms with E-state index < -0.39 is 10.0 Å². The lowest BCUT2D eigenvalue weighted by molar-refractivity contribution is 0.246. The number of aryl methyl sites for hydroxylation is 2. The van der Waals surface area contributed by atoms with Crippen LogP contribution in [0.3, 0.4) is 0 Å². The number of aliphatic hydroxyl groups is 1. The highest BCUT2D eigenvalue weighted by Crippen LogP contribution is 2.24. The van der Waals surface area contributed by atoms with Crippen molar-refractivity contribution in [1.82, 2.24) is 14.8 Å². The first-order chi connectivity index (χ1) is 9.46. The molecule has 114 valence electrons. The molecule has 1 fully saturated rings. The summed E-state index contributed by atoms with van der Waals surface area (Å²) in [5.41, 5.74) is 0.352. The van der Waals surface area contributed by atoms with E-state index in [0.29, 0.717) is 12.2 Å². The number of aromatic nitrogens is 1. The third kappa shape index (κ3) is 3.03. The van der Waals surface area contributed by atoms with Crippen LogP contribution in [-0.2, 0) is 10.0 Å². The lowest BCUT2D eigenvalue weighted by atomic mass is 10.2. The molecule has 0 bridgehead atoms. The van der Waals surface area contributed by atoms with Crippen molar-refractivity contribution < 1.29 is 18.0 Å². The summed E-state index contributed by atoms with van der Waals surface area (Å²) in [5.74, 6) is 0.282. The van der Waals surface area contributed by atoms with Crippen LogP contribution in [0, 0.1) is 13.8 Å². The van der Waals surface area contributed by atoms with Crippen LogP contribution >= 0.6 is 0 Å². The molecule has 0 aromatic carbocycles. The van der Waals surface area contributed by atoms with Crippen molar-refractivity contribution in [2.24, 2.45) is 0 Å².